The van der Waals surface area contributed by atoms with Gasteiger partial charge in [0, 0.05) is 21.1 Å². The van der Waals surface area contributed by atoms with Gasteiger partial charge in [-0.2, -0.15) is 5.10 Å². The van der Waals surface area contributed by atoms with Gasteiger partial charge in [-0.3, -0.25) is 0 Å². The first kappa shape index (κ1) is 18.1. The van der Waals surface area contributed by atoms with E-state index >= 15 is 0 Å². The molecule has 0 fully saturated rings. The molecule has 8 heteroatoms. The average Bonchev–Trinajstić information content (AvgIpc) is 3.09. The van der Waals surface area contributed by atoms with E-state index in [1.807, 2.05) is 60.8 Å². The van der Waals surface area contributed by atoms with Gasteiger partial charge in [0.05, 0.1) is 11.4 Å². The molecule has 1 heterocycles. The summed E-state index contributed by atoms with van der Waals surface area (Å²) in [5.41, 5.74) is 15.2. The van der Waals surface area contributed by atoms with Crippen molar-refractivity contribution in [2.45, 2.75) is 6.92 Å². The van der Waals surface area contributed by atoms with Crippen molar-refractivity contribution < 1.29 is 0 Å². The Balaban J connectivity index is 1.71. The highest BCUT2D eigenvalue weighted by Crippen LogP contribution is 2.28. The molecule has 0 saturated carbocycles. The largest absolute Gasteiger partial charge is 0.369 e. The Hall–Kier alpha value is -2.71. The lowest BCUT2D eigenvalue weighted by Gasteiger charge is -2.04. The fraction of sp³-hybridized carbons (Fsp3) is 0.0556. The van der Waals surface area contributed by atoms with Crippen LogP contribution in [0.2, 0.25) is 0 Å². The van der Waals surface area contributed by atoms with Crippen LogP contribution in [0, 0.1) is 0 Å². The fourth-order valence-electron chi connectivity index (χ4n) is 2.19. The lowest BCUT2D eigenvalue weighted by atomic mass is 10.1. The van der Waals surface area contributed by atoms with Crippen molar-refractivity contribution in [1.82, 2.24) is 4.98 Å². The van der Waals surface area contributed by atoms with Crippen LogP contribution in [-0.2, 0) is 0 Å². The van der Waals surface area contributed by atoms with Gasteiger partial charge in [0.15, 0.2) is 5.13 Å². The number of nitrogens with zero attached hydrogens (tertiary/aromatic N) is 3. The average molecular weight is 429 g/mol. The van der Waals surface area contributed by atoms with E-state index in [4.69, 9.17) is 11.5 Å². The van der Waals surface area contributed by atoms with E-state index in [0.717, 1.165) is 37.8 Å². The molecule has 0 aliphatic carbocycles. The predicted octanol–water partition coefficient (Wildman–Crippen LogP) is 4.31. The highest BCUT2D eigenvalue weighted by atomic mass is 79.9. The molecule has 0 radical (unpaired) electrons. The molecule has 2 aromatic carbocycles. The normalized spacial score (nSPS) is 11.2. The van der Waals surface area contributed by atoms with E-state index in [0.29, 0.717) is 0 Å². The molecule has 0 aliphatic rings. The van der Waals surface area contributed by atoms with Gasteiger partial charge in [-0.15, -0.1) is 16.4 Å². The number of nitrogens with one attached hydrogen (secondary N) is 1. The Morgan fingerprint density at radius 1 is 1.04 bits per heavy atom. The maximum Gasteiger partial charge on any atom is 0.211 e. The number of rotatable bonds is 5. The van der Waals surface area contributed by atoms with Gasteiger partial charge in [-0.1, -0.05) is 40.2 Å². The van der Waals surface area contributed by atoms with Crippen LogP contribution in [0.1, 0.15) is 12.5 Å². The van der Waals surface area contributed by atoms with Crippen LogP contribution in [0.25, 0.3) is 11.3 Å². The SMILES string of the molecule is C/C(=N\N=C(N)N)c1ccc(Nc2nc(-c3ccc(Br)cc3)cs2)cc1. The maximum absolute atomic E-state index is 5.28. The molecule has 3 rings (SSSR count). The molecule has 0 aliphatic heterocycles. The van der Waals surface area contributed by atoms with Gasteiger partial charge < -0.3 is 16.8 Å². The van der Waals surface area contributed by atoms with Gasteiger partial charge in [-0.05, 0) is 36.8 Å². The summed E-state index contributed by atoms with van der Waals surface area (Å²) >= 11 is 5.00. The molecule has 0 bridgehead atoms. The zero-order chi connectivity index (χ0) is 18.5. The van der Waals surface area contributed by atoms with Gasteiger partial charge in [0.25, 0.3) is 0 Å². The first-order valence-corrected chi connectivity index (χ1v) is 9.40. The summed E-state index contributed by atoms with van der Waals surface area (Å²) in [5, 5.41) is 13.8. The Labute approximate surface area is 163 Å². The number of hydrogen-bond acceptors (Lipinski definition) is 5. The molecule has 1 aromatic heterocycles. The molecule has 6 nitrogen and oxygen atoms in total. The zero-order valence-electron chi connectivity index (χ0n) is 14.0. The molecule has 0 amide bonds. The number of halogens is 1. The Morgan fingerprint density at radius 2 is 1.73 bits per heavy atom. The Morgan fingerprint density at radius 3 is 2.38 bits per heavy atom. The minimum atomic E-state index is -0.0621. The number of hydrogen-bond donors (Lipinski definition) is 3. The van der Waals surface area contributed by atoms with Crippen LogP contribution in [0.4, 0.5) is 10.8 Å². The van der Waals surface area contributed by atoms with Crippen molar-refractivity contribution in [2.24, 2.45) is 21.7 Å². The summed E-state index contributed by atoms with van der Waals surface area (Å²) in [4.78, 5) is 4.63. The van der Waals surface area contributed by atoms with E-state index in [1.54, 1.807) is 11.3 Å². The topological polar surface area (TPSA) is 102 Å². The van der Waals surface area contributed by atoms with E-state index in [-0.39, 0.29) is 5.96 Å². The Kier molecular flexibility index (Phi) is 5.65. The summed E-state index contributed by atoms with van der Waals surface area (Å²) in [6.45, 7) is 1.85. The molecule has 26 heavy (non-hydrogen) atoms. The predicted molar refractivity (Wildman–Crippen MR) is 113 cm³/mol. The van der Waals surface area contributed by atoms with Crippen molar-refractivity contribution >= 4 is 49.8 Å². The minimum Gasteiger partial charge on any atom is -0.369 e. The van der Waals surface area contributed by atoms with Crippen molar-refractivity contribution in [3.05, 3.63) is 63.9 Å². The van der Waals surface area contributed by atoms with Crippen LogP contribution >= 0.6 is 27.3 Å². The standard InChI is InChI=1S/C18H17BrN6S/c1-11(24-25-17(20)21)12-4-8-15(9-5-12)22-18-23-16(10-26-18)13-2-6-14(19)7-3-13/h2-10H,1H3,(H,22,23)(H4,20,21,25)/b24-11+. The minimum absolute atomic E-state index is 0.0621. The molecular formula is C18H17BrN6S. The highest BCUT2D eigenvalue weighted by molar-refractivity contribution is 9.10. The molecule has 3 aromatic rings. The van der Waals surface area contributed by atoms with Crippen molar-refractivity contribution in [1.29, 1.82) is 0 Å². The summed E-state index contributed by atoms with van der Waals surface area (Å²) in [7, 11) is 0. The second-order valence-electron chi connectivity index (χ2n) is 5.46. The van der Waals surface area contributed by atoms with Crippen LogP contribution in [-0.4, -0.2) is 16.7 Å². The van der Waals surface area contributed by atoms with Gasteiger partial charge >= 0.3 is 0 Å². The van der Waals surface area contributed by atoms with Gasteiger partial charge in [0.2, 0.25) is 5.96 Å². The van der Waals surface area contributed by atoms with Crippen LogP contribution in [0.5, 0.6) is 0 Å². The number of anilines is 2. The van der Waals surface area contributed by atoms with E-state index < -0.39 is 0 Å². The first-order chi connectivity index (χ1) is 12.5. The zero-order valence-corrected chi connectivity index (χ0v) is 16.4. The van der Waals surface area contributed by atoms with Gasteiger partial charge in [-0.25, -0.2) is 4.98 Å². The van der Waals surface area contributed by atoms with Crippen molar-refractivity contribution in [3.8, 4) is 11.3 Å². The second kappa shape index (κ2) is 8.11. The number of thiazole rings is 1. The number of aromatic nitrogens is 1. The Bertz CT molecular complexity index is 941. The third kappa shape index (κ3) is 4.68. The third-order valence-electron chi connectivity index (χ3n) is 3.51. The number of benzene rings is 2. The molecule has 0 saturated heterocycles. The molecule has 0 unspecified atom stereocenters. The summed E-state index contributed by atoms with van der Waals surface area (Å²) in [6, 6.07) is 15.9. The first-order valence-electron chi connectivity index (χ1n) is 7.73. The molecule has 0 spiro atoms. The fourth-order valence-corrected chi connectivity index (χ4v) is 3.20. The number of nitrogens with two attached hydrogens (primary N) is 2. The smallest absolute Gasteiger partial charge is 0.211 e. The van der Waals surface area contributed by atoms with Crippen LogP contribution in [0.3, 0.4) is 0 Å². The monoisotopic (exact) mass is 428 g/mol. The molecular weight excluding hydrogens is 412 g/mol. The van der Waals surface area contributed by atoms with Crippen LogP contribution in [0.15, 0.2) is 68.6 Å². The van der Waals surface area contributed by atoms with Crippen molar-refractivity contribution in [2.75, 3.05) is 5.32 Å². The van der Waals surface area contributed by atoms with Crippen LogP contribution < -0.4 is 16.8 Å². The second-order valence-corrected chi connectivity index (χ2v) is 7.23. The molecule has 132 valence electrons. The molecule has 5 N–H and O–H groups in total. The van der Waals surface area contributed by atoms with E-state index in [2.05, 4.69) is 36.4 Å². The van der Waals surface area contributed by atoms with Gasteiger partial charge in [0.1, 0.15) is 0 Å². The summed E-state index contributed by atoms with van der Waals surface area (Å²) in [6.07, 6.45) is 0. The molecule has 0 atom stereocenters. The number of guanidine groups is 1. The lowest BCUT2D eigenvalue weighted by Crippen LogP contribution is -2.22. The van der Waals surface area contributed by atoms with E-state index in [9.17, 15) is 0 Å². The quantitative estimate of drug-likeness (QED) is 0.320. The highest BCUT2D eigenvalue weighted by Gasteiger charge is 2.05. The van der Waals surface area contributed by atoms with Crippen molar-refractivity contribution in [3.63, 3.8) is 0 Å². The van der Waals surface area contributed by atoms with E-state index in [1.165, 1.54) is 0 Å². The summed E-state index contributed by atoms with van der Waals surface area (Å²) in [5.74, 6) is -0.0621. The maximum atomic E-state index is 5.28. The summed E-state index contributed by atoms with van der Waals surface area (Å²) < 4.78 is 1.05. The lowest BCUT2D eigenvalue weighted by molar-refractivity contribution is 1.20. The third-order valence-corrected chi connectivity index (χ3v) is 4.80.